The van der Waals surface area contributed by atoms with Crippen LogP contribution in [0.3, 0.4) is 0 Å². The van der Waals surface area contributed by atoms with Gasteiger partial charge in [-0.05, 0) is 25.1 Å². The topological polar surface area (TPSA) is 47.3 Å². The van der Waals surface area contributed by atoms with Crippen molar-refractivity contribution in [2.24, 2.45) is 0 Å². The molecule has 0 spiro atoms. The number of nitrogens with zero attached hydrogens (tertiary/aromatic N) is 1. The molecule has 2 aromatic rings. The fourth-order valence-corrected chi connectivity index (χ4v) is 2.04. The minimum atomic E-state index is 0.246. The minimum absolute atomic E-state index is 0.246. The Balaban J connectivity index is 1.95. The third kappa shape index (κ3) is 1.65. The number of hydrogen-bond acceptors (Lipinski definition) is 4. The average Bonchev–Trinajstić information content (AvgIpc) is 2.86. The molecule has 0 radical (unpaired) electrons. The lowest BCUT2D eigenvalue weighted by atomic mass is 10.3. The quantitative estimate of drug-likeness (QED) is 0.836. The molecule has 2 heterocycles. The lowest BCUT2D eigenvalue weighted by Crippen LogP contribution is -2.19. The van der Waals surface area contributed by atoms with E-state index in [1.54, 1.807) is 0 Å². The van der Waals surface area contributed by atoms with E-state index in [9.17, 15) is 0 Å². The van der Waals surface area contributed by atoms with E-state index in [1.807, 2.05) is 25.1 Å². The van der Waals surface area contributed by atoms with Gasteiger partial charge < -0.3 is 14.5 Å². The summed E-state index contributed by atoms with van der Waals surface area (Å²) in [5.74, 6) is 1.47. The minimum Gasteiger partial charge on any atom is -0.485 e. The molecular weight excluding hydrogens is 204 g/mol. The smallest absolute Gasteiger partial charge is 0.196 e. The Morgan fingerprint density at radius 3 is 3.25 bits per heavy atom. The SMILES string of the molecule is Cc1nc2cccc(OC3CCNC3)c2o1. The number of aromatic nitrogens is 1. The number of oxazole rings is 1. The second-order valence-electron chi connectivity index (χ2n) is 4.07. The van der Waals surface area contributed by atoms with Crippen molar-refractivity contribution in [1.29, 1.82) is 0 Å². The Kier molecular flexibility index (Phi) is 2.29. The molecule has 1 N–H and O–H groups in total. The monoisotopic (exact) mass is 218 g/mol. The van der Waals surface area contributed by atoms with E-state index in [0.717, 1.165) is 36.4 Å². The Hall–Kier alpha value is -1.55. The molecule has 16 heavy (non-hydrogen) atoms. The molecule has 1 aromatic carbocycles. The number of fused-ring (bicyclic) bond motifs is 1. The summed E-state index contributed by atoms with van der Waals surface area (Å²) in [4.78, 5) is 4.29. The predicted molar refractivity (Wildman–Crippen MR) is 60.6 cm³/mol. The lowest BCUT2D eigenvalue weighted by molar-refractivity contribution is 0.223. The summed E-state index contributed by atoms with van der Waals surface area (Å²) in [7, 11) is 0. The highest BCUT2D eigenvalue weighted by Crippen LogP contribution is 2.27. The van der Waals surface area contributed by atoms with Crippen LogP contribution in [-0.4, -0.2) is 24.2 Å². The van der Waals surface area contributed by atoms with E-state index >= 15 is 0 Å². The van der Waals surface area contributed by atoms with Gasteiger partial charge in [-0.25, -0.2) is 4.98 Å². The molecule has 1 fully saturated rings. The molecule has 0 aliphatic carbocycles. The van der Waals surface area contributed by atoms with Crippen molar-refractivity contribution >= 4 is 11.1 Å². The Labute approximate surface area is 93.6 Å². The fourth-order valence-electron chi connectivity index (χ4n) is 2.04. The molecule has 1 aromatic heterocycles. The number of para-hydroxylation sites is 1. The van der Waals surface area contributed by atoms with Gasteiger partial charge in [-0.1, -0.05) is 6.07 Å². The number of benzene rings is 1. The molecule has 1 aliphatic rings. The van der Waals surface area contributed by atoms with Gasteiger partial charge in [-0.15, -0.1) is 0 Å². The van der Waals surface area contributed by atoms with Gasteiger partial charge in [-0.3, -0.25) is 0 Å². The largest absolute Gasteiger partial charge is 0.485 e. The van der Waals surface area contributed by atoms with E-state index in [4.69, 9.17) is 9.15 Å². The predicted octanol–water partition coefficient (Wildman–Crippen LogP) is 1.88. The van der Waals surface area contributed by atoms with Gasteiger partial charge >= 0.3 is 0 Å². The first-order valence-corrected chi connectivity index (χ1v) is 5.56. The van der Waals surface area contributed by atoms with E-state index < -0.39 is 0 Å². The zero-order chi connectivity index (χ0) is 11.0. The molecule has 1 atom stereocenters. The second-order valence-corrected chi connectivity index (χ2v) is 4.07. The summed E-state index contributed by atoms with van der Waals surface area (Å²) in [5.41, 5.74) is 1.62. The molecule has 0 amide bonds. The number of nitrogens with one attached hydrogen (secondary N) is 1. The van der Waals surface area contributed by atoms with Crippen LogP contribution in [-0.2, 0) is 0 Å². The van der Waals surface area contributed by atoms with Crippen LogP contribution in [0.4, 0.5) is 0 Å². The van der Waals surface area contributed by atoms with Crippen LogP contribution in [0.5, 0.6) is 5.75 Å². The highest BCUT2D eigenvalue weighted by atomic mass is 16.5. The van der Waals surface area contributed by atoms with Gasteiger partial charge in [0.15, 0.2) is 17.2 Å². The van der Waals surface area contributed by atoms with Crippen molar-refractivity contribution < 1.29 is 9.15 Å². The van der Waals surface area contributed by atoms with E-state index in [-0.39, 0.29) is 6.10 Å². The van der Waals surface area contributed by atoms with E-state index in [0.29, 0.717) is 5.89 Å². The molecule has 4 nitrogen and oxygen atoms in total. The van der Waals surface area contributed by atoms with Gasteiger partial charge in [0.1, 0.15) is 11.6 Å². The van der Waals surface area contributed by atoms with Crippen LogP contribution in [0.1, 0.15) is 12.3 Å². The molecule has 84 valence electrons. The van der Waals surface area contributed by atoms with Gasteiger partial charge in [0.05, 0.1) is 0 Å². The molecular formula is C12H14N2O2. The van der Waals surface area contributed by atoms with Crippen LogP contribution in [0.25, 0.3) is 11.1 Å². The zero-order valence-electron chi connectivity index (χ0n) is 9.19. The Morgan fingerprint density at radius 2 is 2.44 bits per heavy atom. The normalized spacial score (nSPS) is 20.4. The Morgan fingerprint density at radius 1 is 1.50 bits per heavy atom. The van der Waals surface area contributed by atoms with Gasteiger partial charge in [0.25, 0.3) is 0 Å². The van der Waals surface area contributed by atoms with E-state index in [2.05, 4.69) is 10.3 Å². The summed E-state index contributed by atoms with van der Waals surface area (Å²) >= 11 is 0. The van der Waals surface area contributed by atoms with Crippen LogP contribution in [0.15, 0.2) is 22.6 Å². The fraction of sp³-hybridized carbons (Fsp3) is 0.417. The lowest BCUT2D eigenvalue weighted by Gasteiger charge is -2.11. The van der Waals surface area contributed by atoms with Crippen molar-refractivity contribution in [2.45, 2.75) is 19.4 Å². The molecule has 0 bridgehead atoms. The van der Waals surface area contributed by atoms with Crippen molar-refractivity contribution in [1.82, 2.24) is 10.3 Å². The first-order chi connectivity index (χ1) is 7.83. The summed E-state index contributed by atoms with van der Waals surface area (Å²) < 4.78 is 11.5. The van der Waals surface area contributed by atoms with Crippen LogP contribution in [0.2, 0.25) is 0 Å². The third-order valence-electron chi connectivity index (χ3n) is 2.79. The van der Waals surface area contributed by atoms with Crippen LogP contribution in [0, 0.1) is 6.92 Å². The maximum absolute atomic E-state index is 5.91. The number of ether oxygens (including phenoxy) is 1. The molecule has 1 unspecified atom stereocenters. The number of rotatable bonds is 2. The molecule has 1 saturated heterocycles. The van der Waals surface area contributed by atoms with Crippen LogP contribution < -0.4 is 10.1 Å². The molecule has 4 heteroatoms. The standard InChI is InChI=1S/C12H14N2O2/c1-8-14-10-3-2-4-11(12(10)15-8)16-9-5-6-13-7-9/h2-4,9,13H,5-7H2,1H3. The van der Waals surface area contributed by atoms with Gasteiger partial charge in [0.2, 0.25) is 0 Å². The van der Waals surface area contributed by atoms with Crippen molar-refractivity contribution in [3.05, 3.63) is 24.1 Å². The van der Waals surface area contributed by atoms with Crippen molar-refractivity contribution in [2.75, 3.05) is 13.1 Å². The average molecular weight is 218 g/mol. The summed E-state index contributed by atoms with van der Waals surface area (Å²) in [6, 6.07) is 5.82. The molecule has 1 aliphatic heterocycles. The number of hydrogen-bond donors (Lipinski definition) is 1. The van der Waals surface area contributed by atoms with Crippen molar-refractivity contribution in [3.63, 3.8) is 0 Å². The highest BCUT2D eigenvalue weighted by Gasteiger charge is 2.18. The summed E-state index contributed by atoms with van der Waals surface area (Å²) in [6.07, 6.45) is 1.29. The molecule has 3 rings (SSSR count). The second kappa shape index (κ2) is 3.79. The zero-order valence-corrected chi connectivity index (χ0v) is 9.19. The first kappa shape index (κ1) is 9.66. The van der Waals surface area contributed by atoms with E-state index in [1.165, 1.54) is 0 Å². The highest BCUT2D eigenvalue weighted by molar-refractivity contribution is 5.79. The Bertz CT molecular complexity index is 501. The summed E-state index contributed by atoms with van der Waals surface area (Å²) in [5, 5.41) is 3.27. The van der Waals surface area contributed by atoms with Crippen molar-refractivity contribution in [3.8, 4) is 5.75 Å². The van der Waals surface area contributed by atoms with Crippen LogP contribution >= 0.6 is 0 Å². The third-order valence-corrected chi connectivity index (χ3v) is 2.79. The van der Waals surface area contributed by atoms with Gasteiger partial charge in [0, 0.05) is 13.5 Å². The first-order valence-electron chi connectivity index (χ1n) is 5.56. The maximum atomic E-state index is 5.91. The van der Waals surface area contributed by atoms with Gasteiger partial charge in [-0.2, -0.15) is 0 Å². The summed E-state index contributed by atoms with van der Waals surface area (Å²) in [6.45, 7) is 3.78. The molecule has 0 saturated carbocycles. The number of aryl methyl sites for hydroxylation is 1. The maximum Gasteiger partial charge on any atom is 0.196 e.